The van der Waals surface area contributed by atoms with E-state index in [1.807, 2.05) is 26.0 Å². The van der Waals surface area contributed by atoms with Gasteiger partial charge in [-0.25, -0.2) is 4.98 Å². The lowest BCUT2D eigenvalue weighted by Gasteiger charge is -2.45. The third-order valence-corrected chi connectivity index (χ3v) is 7.36. The van der Waals surface area contributed by atoms with Gasteiger partial charge in [0.2, 0.25) is 0 Å². The van der Waals surface area contributed by atoms with Gasteiger partial charge >= 0.3 is 0 Å². The van der Waals surface area contributed by atoms with Gasteiger partial charge in [-0.3, -0.25) is 0 Å². The first-order valence-electron chi connectivity index (χ1n) is 10.6. The number of hydrogen-bond acceptors (Lipinski definition) is 5. The number of anilines is 2. The first kappa shape index (κ1) is 21.9. The van der Waals surface area contributed by atoms with Crippen molar-refractivity contribution >= 4 is 40.3 Å². The molecular weight excluding hydrogens is 418 g/mol. The molecule has 4 rings (SSSR count). The van der Waals surface area contributed by atoms with E-state index in [4.69, 9.17) is 17.3 Å². The number of pyridine rings is 1. The number of benzene rings is 1. The fraction of sp³-hybridized carbons (Fsp3) is 0.346. The summed E-state index contributed by atoms with van der Waals surface area (Å²) >= 11 is 6.77. The molecule has 1 aliphatic carbocycles. The van der Waals surface area contributed by atoms with Crippen molar-refractivity contribution in [1.82, 2.24) is 4.98 Å². The molecule has 1 aliphatic heterocycles. The first-order chi connectivity index (χ1) is 15.0. The third kappa shape index (κ3) is 3.08. The molecule has 1 unspecified atom stereocenters. The monoisotopic (exact) mass is 443 g/mol. The van der Waals surface area contributed by atoms with Crippen LogP contribution in [-0.2, 0) is 0 Å². The topological polar surface area (TPSA) is 89.7 Å². The second-order valence-electron chi connectivity index (χ2n) is 9.41. The predicted octanol–water partition coefficient (Wildman–Crippen LogP) is 6.07. The van der Waals surface area contributed by atoms with Crippen molar-refractivity contribution in [1.29, 1.82) is 10.5 Å². The molecule has 0 saturated heterocycles. The lowest BCUT2D eigenvalue weighted by atomic mass is 9.80. The molecule has 2 N–H and O–H groups in total. The summed E-state index contributed by atoms with van der Waals surface area (Å²) in [6.07, 6.45) is 3.06. The summed E-state index contributed by atoms with van der Waals surface area (Å²) in [6.45, 7) is 10.5. The van der Waals surface area contributed by atoms with Gasteiger partial charge in [0.15, 0.2) is 0 Å². The Morgan fingerprint density at radius 1 is 1.25 bits per heavy atom. The SMILES string of the molecule is CC1=C(C#N)c2nc(N)c(C#N)c(C)c2/C1=C\c1cc2c(cc1Cl)N(C)C(C)(C)CC2C. The Kier molecular flexibility index (Phi) is 5.07. The van der Waals surface area contributed by atoms with Crippen LogP contribution in [0.3, 0.4) is 0 Å². The zero-order valence-electron chi connectivity index (χ0n) is 19.3. The van der Waals surface area contributed by atoms with Crippen LogP contribution in [0.25, 0.3) is 17.2 Å². The van der Waals surface area contributed by atoms with Crippen molar-refractivity contribution in [3.63, 3.8) is 0 Å². The molecule has 2 heterocycles. The molecule has 0 spiro atoms. The van der Waals surface area contributed by atoms with Crippen molar-refractivity contribution in [3.05, 3.63) is 56.2 Å². The average molecular weight is 444 g/mol. The molecule has 0 radical (unpaired) electrons. The number of halogens is 1. The van der Waals surface area contributed by atoms with Crippen LogP contribution in [0.5, 0.6) is 0 Å². The summed E-state index contributed by atoms with van der Waals surface area (Å²) in [4.78, 5) is 6.70. The highest BCUT2D eigenvalue weighted by Gasteiger charge is 2.35. The first-order valence-corrected chi connectivity index (χ1v) is 11.0. The van der Waals surface area contributed by atoms with Gasteiger partial charge in [0.1, 0.15) is 18.0 Å². The second-order valence-corrected chi connectivity index (χ2v) is 9.82. The molecule has 2 aromatic rings. The van der Waals surface area contributed by atoms with E-state index >= 15 is 0 Å². The van der Waals surface area contributed by atoms with Crippen molar-refractivity contribution < 1.29 is 0 Å². The van der Waals surface area contributed by atoms with Gasteiger partial charge < -0.3 is 10.6 Å². The zero-order valence-corrected chi connectivity index (χ0v) is 20.0. The van der Waals surface area contributed by atoms with Crippen LogP contribution in [0.1, 0.15) is 73.5 Å². The maximum atomic E-state index is 9.79. The Balaban J connectivity index is 1.96. The summed E-state index contributed by atoms with van der Waals surface area (Å²) in [5.41, 5.74) is 13.9. The highest BCUT2D eigenvalue weighted by molar-refractivity contribution is 6.32. The molecule has 6 heteroatoms. The Morgan fingerprint density at radius 2 is 1.94 bits per heavy atom. The van der Waals surface area contributed by atoms with Crippen LogP contribution >= 0.6 is 11.6 Å². The number of aromatic nitrogens is 1. The van der Waals surface area contributed by atoms with Gasteiger partial charge in [-0.15, -0.1) is 0 Å². The Hall–Kier alpha value is -3.28. The third-order valence-electron chi connectivity index (χ3n) is 7.04. The molecule has 162 valence electrons. The molecule has 0 saturated carbocycles. The van der Waals surface area contributed by atoms with E-state index in [1.54, 1.807) is 0 Å². The van der Waals surface area contributed by atoms with E-state index in [1.165, 1.54) is 5.56 Å². The number of hydrogen-bond donors (Lipinski definition) is 1. The van der Waals surface area contributed by atoms with Gasteiger partial charge in [0.05, 0.1) is 16.8 Å². The number of rotatable bonds is 1. The van der Waals surface area contributed by atoms with Crippen LogP contribution in [0.2, 0.25) is 5.02 Å². The van der Waals surface area contributed by atoms with E-state index in [0.717, 1.165) is 39.9 Å². The largest absolute Gasteiger partial charge is 0.383 e. The normalized spacial score (nSPS) is 20.1. The van der Waals surface area contributed by atoms with Crippen molar-refractivity contribution in [2.24, 2.45) is 0 Å². The summed E-state index contributed by atoms with van der Waals surface area (Å²) in [7, 11) is 2.11. The molecule has 1 aromatic carbocycles. The van der Waals surface area contributed by atoms with Crippen molar-refractivity contribution in [2.45, 2.75) is 52.5 Å². The van der Waals surface area contributed by atoms with Crippen LogP contribution in [-0.4, -0.2) is 17.6 Å². The molecule has 0 bridgehead atoms. The van der Waals surface area contributed by atoms with Crippen molar-refractivity contribution in [2.75, 3.05) is 17.7 Å². The number of fused-ring (bicyclic) bond motifs is 2. The van der Waals surface area contributed by atoms with Crippen LogP contribution in [0, 0.1) is 29.6 Å². The smallest absolute Gasteiger partial charge is 0.142 e. The lowest BCUT2D eigenvalue weighted by molar-refractivity contribution is 0.395. The molecule has 32 heavy (non-hydrogen) atoms. The highest BCUT2D eigenvalue weighted by atomic mass is 35.5. The molecule has 1 atom stereocenters. The summed E-state index contributed by atoms with van der Waals surface area (Å²) in [5, 5.41) is 20.0. The molecule has 2 aliphatic rings. The van der Waals surface area contributed by atoms with E-state index in [9.17, 15) is 10.5 Å². The quantitative estimate of drug-likeness (QED) is 0.577. The predicted molar refractivity (Wildman–Crippen MR) is 131 cm³/mol. The molecule has 0 amide bonds. The average Bonchev–Trinajstić information content (AvgIpc) is 2.98. The van der Waals surface area contributed by atoms with E-state index in [0.29, 0.717) is 27.8 Å². The number of nitriles is 2. The van der Waals surface area contributed by atoms with Gasteiger partial charge in [-0.05, 0) is 86.1 Å². The fourth-order valence-electron chi connectivity index (χ4n) is 5.07. The van der Waals surface area contributed by atoms with Crippen LogP contribution in [0.15, 0.2) is 17.7 Å². The number of allylic oxidation sites excluding steroid dienone is 3. The fourth-order valence-corrected chi connectivity index (χ4v) is 5.28. The van der Waals surface area contributed by atoms with E-state index in [2.05, 4.69) is 55.9 Å². The minimum Gasteiger partial charge on any atom is -0.383 e. The van der Waals surface area contributed by atoms with E-state index in [-0.39, 0.29) is 11.4 Å². The zero-order chi connectivity index (χ0) is 23.5. The number of nitrogens with zero attached hydrogens (tertiary/aromatic N) is 4. The highest BCUT2D eigenvalue weighted by Crippen LogP contribution is 2.47. The second kappa shape index (κ2) is 7.40. The number of nitrogens with two attached hydrogens (primary N) is 1. The lowest BCUT2D eigenvalue weighted by Crippen LogP contribution is -2.45. The summed E-state index contributed by atoms with van der Waals surface area (Å²) in [6, 6.07) is 8.60. The maximum Gasteiger partial charge on any atom is 0.142 e. The standard InChI is InChI=1S/C26H26ClN5/c1-13-10-26(4,5)32(6)22-9-21(27)16(7-17(13)22)8-18-14(2)19(11-28)24-23(18)15(3)20(12-29)25(30)31-24/h7-9,13H,10H2,1-6H3,(H2,30,31)/b18-8-. The minimum absolute atomic E-state index is 0.0531. The Labute approximate surface area is 194 Å². The Bertz CT molecular complexity index is 1320. The van der Waals surface area contributed by atoms with Gasteiger partial charge in [0, 0.05) is 28.9 Å². The summed E-state index contributed by atoms with van der Waals surface area (Å²) < 4.78 is 0. The van der Waals surface area contributed by atoms with Gasteiger partial charge in [-0.2, -0.15) is 10.5 Å². The molecule has 0 fully saturated rings. The van der Waals surface area contributed by atoms with Gasteiger partial charge in [-0.1, -0.05) is 18.5 Å². The van der Waals surface area contributed by atoms with Gasteiger partial charge in [0.25, 0.3) is 0 Å². The summed E-state index contributed by atoms with van der Waals surface area (Å²) in [5.74, 6) is 0.540. The molecule has 1 aromatic heterocycles. The van der Waals surface area contributed by atoms with Crippen LogP contribution < -0.4 is 10.6 Å². The molecular formula is C26H26ClN5. The number of nitrogen functional groups attached to an aromatic ring is 1. The van der Waals surface area contributed by atoms with Crippen molar-refractivity contribution in [3.8, 4) is 12.1 Å². The van der Waals surface area contributed by atoms with Crippen LogP contribution in [0.4, 0.5) is 11.5 Å². The Morgan fingerprint density at radius 3 is 2.56 bits per heavy atom. The minimum atomic E-state index is 0.0531. The van der Waals surface area contributed by atoms with E-state index < -0.39 is 0 Å². The maximum absolute atomic E-state index is 9.79. The molecule has 5 nitrogen and oxygen atoms in total.